The molecule has 162 valence electrons. The van der Waals surface area contributed by atoms with Gasteiger partial charge in [0.05, 0.1) is 23.6 Å². The zero-order chi connectivity index (χ0) is 22.5. The van der Waals surface area contributed by atoms with Gasteiger partial charge in [0.1, 0.15) is 12.4 Å². The Hall–Kier alpha value is -3.57. The van der Waals surface area contributed by atoms with E-state index in [0.29, 0.717) is 29.5 Å². The summed E-state index contributed by atoms with van der Waals surface area (Å²) in [6.07, 6.45) is 0. The second-order valence-electron chi connectivity index (χ2n) is 7.59. The molecule has 0 aliphatic rings. The molecule has 5 nitrogen and oxygen atoms in total. The van der Waals surface area contributed by atoms with Crippen molar-refractivity contribution < 1.29 is 9.53 Å². The molecule has 0 saturated carbocycles. The van der Waals surface area contributed by atoms with Crippen molar-refractivity contribution in [3.05, 3.63) is 112 Å². The molecular formula is C26H24ClN3O2. The number of halogens is 1. The zero-order valence-corrected chi connectivity index (χ0v) is 18.8. The average molecular weight is 446 g/mol. The summed E-state index contributed by atoms with van der Waals surface area (Å²) in [6.45, 7) is 4.86. The number of aromatic nitrogens is 2. The number of hydrogen-bond acceptors (Lipinski definition) is 3. The topological polar surface area (TPSA) is 56.2 Å². The first kappa shape index (κ1) is 21.7. The molecule has 3 aromatic carbocycles. The molecule has 1 heterocycles. The lowest BCUT2D eigenvalue weighted by Gasteiger charge is -2.10. The van der Waals surface area contributed by atoms with E-state index in [4.69, 9.17) is 16.3 Å². The molecule has 1 amide bonds. The summed E-state index contributed by atoms with van der Waals surface area (Å²) < 4.78 is 7.71. The number of nitrogens with zero attached hydrogens (tertiary/aromatic N) is 2. The van der Waals surface area contributed by atoms with E-state index in [-0.39, 0.29) is 5.91 Å². The molecule has 1 aromatic heterocycles. The standard InChI is InChI=1S/C26H24ClN3O2/c1-18-25(19(2)30(29-18)16-20-8-4-3-5-9-20)28-26(31)22-11-6-10-21(14-22)17-32-24-13-7-12-23(27)15-24/h3-15H,16-17H2,1-2H3,(H,28,31). The number of benzene rings is 3. The first-order valence-electron chi connectivity index (χ1n) is 10.4. The first-order valence-corrected chi connectivity index (χ1v) is 10.7. The molecule has 0 fully saturated rings. The predicted molar refractivity (Wildman–Crippen MR) is 127 cm³/mol. The normalized spacial score (nSPS) is 10.7. The number of anilines is 1. The van der Waals surface area contributed by atoms with Crippen molar-refractivity contribution in [3.8, 4) is 5.75 Å². The smallest absolute Gasteiger partial charge is 0.255 e. The quantitative estimate of drug-likeness (QED) is 0.377. The summed E-state index contributed by atoms with van der Waals surface area (Å²) in [4.78, 5) is 13.0. The van der Waals surface area contributed by atoms with Gasteiger partial charge in [0.2, 0.25) is 0 Å². The lowest BCUT2D eigenvalue weighted by molar-refractivity contribution is 0.102. The Kier molecular flexibility index (Phi) is 6.57. The van der Waals surface area contributed by atoms with Crippen molar-refractivity contribution >= 4 is 23.2 Å². The lowest BCUT2D eigenvalue weighted by Crippen LogP contribution is -2.14. The molecule has 4 aromatic rings. The fourth-order valence-electron chi connectivity index (χ4n) is 3.50. The summed E-state index contributed by atoms with van der Waals surface area (Å²) in [5.74, 6) is 0.504. The minimum atomic E-state index is -0.180. The molecule has 0 unspecified atom stereocenters. The van der Waals surface area contributed by atoms with Crippen molar-refractivity contribution in [2.24, 2.45) is 0 Å². The van der Waals surface area contributed by atoms with E-state index >= 15 is 0 Å². The third-order valence-electron chi connectivity index (χ3n) is 5.19. The highest BCUT2D eigenvalue weighted by Gasteiger charge is 2.16. The number of hydrogen-bond donors (Lipinski definition) is 1. The monoisotopic (exact) mass is 445 g/mol. The van der Waals surface area contributed by atoms with Crippen LogP contribution in [0.2, 0.25) is 5.02 Å². The third-order valence-corrected chi connectivity index (χ3v) is 5.42. The molecule has 0 bridgehead atoms. The van der Waals surface area contributed by atoms with E-state index in [1.165, 1.54) is 0 Å². The number of carbonyl (C=O) groups is 1. The second-order valence-corrected chi connectivity index (χ2v) is 8.03. The van der Waals surface area contributed by atoms with Gasteiger partial charge >= 0.3 is 0 Å². The van der Waals surface area contributed by atoms with Crippen LogP contribution in [0.15, 0.2) is 78.9 Å². The van der Waals surface area contributed by atoms with Crippen LogP contribution in [0.3, 0.4) is 0 Å². The van der Waals surface area contributed by atoms with Crippen LogP contribution >= 0.6 is 11.6 Å². The van der Waals surface area contributed by atoms with Gasteiger partial charge in [-0.3, -0.25) is 9.48 Å². The Morgan fingerprint density at radius 2 is 1.72 bits per heavy atom. The van der Waals surface area contributed by atoms with E-state index in [0.717, 1.165) is 28.2 Å². The summed E-state index contributed by atoms with van der Waals surface area (Å²) in [6, 6.07) is 24.8. The molecular weight excluding hydrogens is 422 g/mol. The number of rotatable bonds is 7. The zero-order valence-electron chi connectivity index (χ0n) is 18.0. The Balaban J connectivity index is 1.45. The highest BCUT2D eigenvalue weighted by molar-refractivity contribution is 6.30. The molecule has 0 radical (unpaired) electrons. The van der Waals surface area contributed by atoms with Crippen molar-refractivity contribution in [1.29, 1.82) is 0 Å². The molecule has 6 heteroatoms. The Labute approximate surface area is 192 Å². The van der Waals surface area contributed by atoms with Gasteiger partial charge < -0.3 is 10.1 Å². The number of ether oxygens (including phenoxy) is 1. The largest absolute Gasteiger partial charge is 0.489 e. The van der Waals surface area contributed by atoms with Gasteiger partial charge in [-0.1, -0.05) is 60.1 Å². The molecule has 4 rings (SSSR count). The van der Waals surface area contributed by atoms with Gasteiger partial charge in [0.15, 0.2) is 0 Å². The molecule has 0 aliphatic heterocycles. The van der Waals surface area contributed by atoms with Gasteiger partial charge in [-0.05, 0) is 55.3 Å². The van der Waals surface area contributed by atoms with Crippen LogP contribution in [0.1, 0.15) is 32.9 Å². The fraction of sp³-hybridized carbons (Fsp3) is 0.154. The highest BCUT2D eigenvalue weighted by Crippen LogP contribution is 2.22. The molecule has 1 N–H and O–H groups in total. The summed E-state index contributed by atoms with van der Waals surface area (Å²) in [5, 5.41) is 8.26. The van der Waals surface area contributed by atoms with Crippen molar-refractivity contribution in [2.75, 3.05) is 5.32 Å². The van der Waals surface area contributed by atoms with Crippen LogP contribution in [-0.4, -0.2) is 15.7 Å². The minimum Gasteiger partial charge on any atom is -0.489 e. The van der Waals surface area contributed by atoms with Gasteiger partial charge in [-0.15, -0.1) is 0 Å². The number of nitrogens with one attached hydrogen (secondary N) is 1. The Morgan fingerprint density at radius 1 is 0.969 bits per heavy atom. The number of amides is 1. The van der Waals surface area contributed by atoms with Crippen molar-refractivity contribution in [3.63, 3.8) is 0 Å². The summed E-state index contributed by atoms with van der Waals surface area (Å²) >= 11 is 6.00. The van der Waals surface area contributed by atoms with Gasteiger partial charge in [-0.2, -0.15) is 5.10 Å². The number of aryl methyl sites for hydroxylation is 1. The fourth-order valence-corrected chi connectivity index (χ4v) is 3.68. The Bertz CT molecular complexity index is 1240. The average Bonchev–Trinajstić information content (AvgIpc) is 3.06. The van der Waals surface area contributed by atoms with E-state index < -0.39 is 0 Å². The summed E-state index contributed by atoms with van der Waals surface area (Å²) in [5.41, 5.74) is 5.06. The van der Waals surface area contributed by atoms with Crippen molar-refractivity contribution in [1.82, 2.24) is 9.78 Å². The van der Waals surface area contributed by atoms with Crippen LogP contribution in [0.4, 0.5) is 5.69 Å². The van der Waals surface area contributed by atoms with Crippen LogP contribution in [0.5, 0.6) is 5.75 Å². The van der Waals surface area contributed by atoms with Gasteiger partial charge in [-0.25, -0.2) is 0 Å². The van der Waals surface area contributed by atoms with E-state index in [1.807, 2.05) is 67.1 Å². The number of carbonyl (C=O) groups excluding carboxylic acids is 1. The summed E-state index contributed by atoms with van der Waals surface area (Å²) in [7, 11) is 0. The second kappa shape index (κ2) is 9.71. The molecule has 32 heavy (non-hydrogen) atoms. The van der Waals surface area contributed by atoms with Gasteiger partial charge in [0, 0.05) is 10.6 Å². The van der Waals surface area contributed by atoms with E-state index in [9.17, 15) is 4.79 Å². The molecule has 0 aliphatic carbocycles. The van der Waals surface area contributed by atoms with Crippen molar-refractivity contribution in [2.45, 2.75) is 27.0 Å². The maximum absolute atomic E-state index is 13.0. The predicted octanol–water partition coefficient (Wildman–Crippen LogP) is 6.03. The maximum atomic E-state index is 13.0. The van der Waals surface area contributed by atoms with E-state index in [2.05, 4.69) is 22.5 Å². The SMILES string of the molecule is Cc1nn(Cc2ccccc2)c(C)c1NC(=O)c1cccc(COc2cccc(Cl)c2)c1. The maximum Gasteiger partial charge on any atom is 0.255 e. The molecule has 0 spiro atoms. The Morgan fingerprint density at radius 3 is 2.50 bits per heavy atom. The van der Waals surface area contributed by atoms with Crippen LogP contribution in [-0.2, 0) is 13.2 Å². The first-order chi connectivity index (χ1) is 15.5. The lowest BCUT2D eigenvalue weighted by atomic mass is 10.1. The van der Waals surface area contributed by atoms with Crippen LogP contribution < -0.4 is 10.1 Å². The van der Waals surface area contributed by atoms with E-state index in [1.54, 1.807) is 18.2 Å². The van der Waals surface area contributed by atoms with Crippen LogP contribution in [0.25, 0.3) is 0 Å². The molecule has 0 saturated heterocycles. The van der Waals surface area contributed by atoms with Crippen LogP contribution in [0, 0.1) is 13.8 Å². The minimum absolute atomic E-state index is 0.180. The molecule has 0 atom stereocenters. The third kappa shape index (κ3) is 5.18. The highest BCUT2D eigenvalue weighted by atomic mass is 35.5. The van der Waals surface area contributed by atoms with Gasteiger partial charge in [0.25, 0.3) is 5.91 Å².